The predicted octanol–water partition coefficient (Wildman–Crippen LogP) is 1.11. The molecule has 0 bridgehead atoms. The van der Waals surface area contributed by atoms with Crippen LogP contribution in [-0.4, -0.2) is 29.7 Å². The van der Waals surface area contributed by atoms with Crippen molar-refractivity contribution in [2.75, 3.05) is 6.26 Å². The molecule has 0 spiro atoms. The lowest BCUT2D eigenvalue weighted by Crippen LogP contribution is -2.04. The van der Waals surface area contributed by atoms with Crippen molar-refractivity contribution < 1.29 is 17.7 Å². The number of hydrogen-bond donors (Lipinski definition) is 1. The molecule has 2 heterocycles. The highest BCUT2D eigenvalue weighted by Crippen LogP contribution is 2.15. The molecule has 106 valence electrons. The van der Waals surface area contributed by atoms with Gasteiger partial charge in [0.15, 0.2) is 0 Å². The zero-order valence-electron chi connectivity index (χ0n) is 10.9. The van der Waals surface area contributed by atoms with Gasteiger partial charge in [-0.15, -0.1) is 0 Å². The van der Waals surface area contributed by atoms with Gasteiger partial charge in [-0.3, -0.25) is 4.18 Å². The summed E-state index contributed by atoms with van der Waals surface area (Å²) in [6.45, 7) is -0.267. The molecule has 1 N–H and O–H groups in total. The van der Waals surface area contributed by atoms with Gasteiger partial charge in [0.25, 0.3) is 10.1 Å². The van der Waals surface area contributed by atoms with Gasteiger partial charge in [0.05, 0.1) is 35.6 Å². The molecule has 0 unspecified atom stereocenters. The van der Waals surface area contributed by atoms with E-state index >= 15 is 0 Å². The van der Waals surface area contributed by atoms with E-state index in [1.54, 1.807) is 36.4 Å². The van der Waals surface area contributed by atoms with Crippen LogP contribution in [0.4, 0.5) is 0 Å². The number of rotatable bonds is 5. The summed E-state index contributed by atoms with van der Waals surface area (Å²) in [5.41, 5.74) is 2.24. The van der Waals surface area contributed by atoms with Crippen molar-refractivity contribution in [3.63, 3.8) is 0 Å². The van der Waals surface area contributed by atoms with E-state index in [-0.39, 0.29) is 13.2 Å². The van der Waals surface area contributed by atoms with Crippen LogP contribution in [0.5, 0.6) is 0 Å². The number of aromatic nitrogens is 2. The standard InChI is InChI=1S/C13H14N2O4S/c1-20(17,18)19-9-11-5-3-7-13(15-11)12-6-2-4-10(8-16)14-12/h2-7,16H,8-9H2,1H3. The van der Waals surface area contributed by atoms with Crippen molar-refractivity contribution in [1.29, 1.82) is 0 Å². The van der Waals surface area contributed by atoms with Crippen molar-refractivity contribution in [3.8, 4) is 11.4 Å². The monoisotopic (exact) mass is 294 g/mol. The number of aliphatic hydroxyl groups excluding tert-OH is 1. The first kappa shape index (κ1) is 14.6. The summed E-state index contributed by atoms with van der Waals surface area (Å²) in [5.74, 6) is 0. The fourth-order valence-electron chi connectivity index (χ4n) is 1.58. The minimum absolute atomic E-state index is 0.119. The average molecular weight is 294 g/mol. The van der Waals surface area contributed by atoms with Crippen molar-refractivity contribution in [1.82, 2.24) is 9.97 Å². The quantitative estimate of drug-likeness (QED) is 0.831. The molecule has 0 atom stereocenters. The van der Waals surface area contributed by atoms with Crippen LogP contribution < -0.4 is 0 Å². The lowest BCUT2D eigenvalue weighted by Gasteiger charge is -2.05. The SMILES string of the molecule is CS(=O)(=O)OCc1cccc(-c2cccc(CO)n2)n1. The average Bonchev–Trinajstić information content (AvgIpc) is 2.45. The normalized spacial score (nSPS) is 11.5. The summed E-state index contributed by atoms with van der Waals surface area (Å²) in [4.78, 5) is 8.53. The van der Waals surface area contributed by atoms with Gasteiger partial charge in [-0.1, -0.05) is 12.1 Å². The van der Waals surface area contributed by atoms with Crippen LogP contribution in [0.1, 0.15) is 11.4 Å². The molecule has 2 rings (SSSR count). The summed E-state index contributed by atoms with van der Waals surface area (Å²) in [5, 5.41) is 9.07. The fourth-order valence-corrected chi connectivity index (χ4v) is 1.92. The summed E-state index contributed by atoms with van der Waals surface area (Å²) >= 11 is 0. The van der Waals surface area contributed by atoms with Gasteiger partial charge in [0.2, 0.25) is 0 Å². The Morgan fingerprint density at radius 2 is 1.60 bits per heavy atom. The molecule has 0 fully saturated rings. The van der Waals surface area contributed by atoms with E-state index in [0.29, 0.717) is 22.8 Å². The van der Waals surface area contributed by atoms with Crippen LogP contribution in [0.2, 0.25) is 0 Å². The van der Waals surface area contributed by atoms with Gasteiger partial charge in [0, 0.05) is 0 Å². The zero-order valence-corrected chi connectivity index (χ0v) is 11.7. The van der Waals surface area contributed by atoms with E-state index in [1.165, 1.54) is 0 Å². The Morgan fingerprint density at radius 3 is 2.15 bits per heavy atom. The van der Waals surface area contributed by atoms with Gasteiger partial charge >= 0.3 is 0 Å². The Bertz CT molecular complexity index is 701. The highest BCUT2D eigenvalue weighted by molar-refractivity contribution is 7.85. The van der Waals surface area contributed by atoms with Crippen LogP contribution in [0.25, 0.3) is 11.4 Å². The van der Waals surface area contributed by atoms with E-state index in [4.69, 9.17) is 9.29 Å². The fraction of sp³-hybridized carbons (Fsp3) is 0.231. The predicted molar refractivity (Wildman–Crippen MR) is 73.0 cm³/mol. The minimum Gasteiger partial charge on any atom is -0.390 e. The Labute approximate surface area is 117 Å². The Hall–Kier alpha value is -1.83. The summed E-state index contributed by atoms with van der Waals surface area (Å²) in [6, 6.07) is 10.4. The van der Waals surface area contributed by atoms with Crippen LogP contribution >= 0.6 is 0 Å². The molecular weight excluding hydrogens is 280 g/mol. The molecule has 2 aromatic rings. The number of pyridine rings is 2. The van der Waals surface area contributed by atoms with E-state index in [1.807, 2.05) is 0 Å². The maximum atomic E-state index is 11.0. The number of aliphatic hydroxyl groups is 1. The lowest BCUT2D eigenvalue weighted by molar-refractivity contribution is 0.277. The van der Waals surface area contributed by atoms with Crippen molar-refractivity contribution in [2.45, 2.75) is 13.2 Å². The molecule has 0 amide bonds. The van der Waals surface area contributed by atoms with Crippen LogP contribution in [0.15, 0.2) is 36.4 Å². The summed E-state index contributed by atoms with van der Waals surface area (Å²) in [7, 11) is -3.50. The second-order valence-electron chi connectivity index (χ2n) is 4.15. The molecule has 0 aliphatic rings. The Morgan fingerprint density at radius 1 is 1.05 bits per heavy atom. The molecule has 0 aliphatic heterocycles. The zero-order chi connectivity index (χ0) is 14.6. The molecule has 0 aromatic carbocycles. The van der Waals surface area contributed by atoms with Crippen molar-refractivity contribution in [3.05, 3.63) is 47.8 Å². The van der Waals surface area contributed by atoms with Gasteiger partial charge in [-0.25, -0.2) is 9.97 Å². The van der Waals surface area contributed by atoms with Crippen molar-refractivity contribution in [2.24, 2.45) is 0 Å². The second kappa shape index (κ2) is 6.08. The van der Waals surface area contributed by atoms with E-state index in [2.05, 4.69) is 9.97 Å². The van der Waals surface area contributed by atoms with Gasteiger partial charge in [-0.2, -0.15) is 8.42 Å². The molecule has 0 saturated carbocycles. The Balaban J connectivity index is 2.24. The van der Waals surface area contributed by atoms with E-state index in [9.17, 15) is 8.42 Å². The first-order valence-electron chi connectivity index (χ1n) is 5.85. The first-order valence-corrected chi connectivity index (χ1v) is 7.67. The van der Waals surface area contributed by atoms with E-state index in [0.717, 1.165) is 6.26 Å². The topological polar surface area (TPSA) is 89.4 Å². The maximum Gasteiger partial charge on any atom is 0.264 e. The smallest absolute Gasteiger partial charge is 0.264 e. The molecule has 0 saturated heterocycles. The molecular formula is C13H14N2O4S. The second-order valence-corrected chi connectivity index (χ2v) is 5.80. The molecule has 2 aromatic heterocycles. The van der Waals surface area contributed by atoms with Crippen LogP contribution in [-0.2, 0) is 27.5 Å². The number of hydrogen-bond acceptors (Lipinski definition) is 6. The molecule has 0 aliphatic carbocycles. The molecule has 20 heavy (non-hydrogen) atoms. The lowest BCUT2D eigenvalue weighted by atomic mass is 10.2. The highest BCUT2D eigenvalue weighted by Gasteiger charge is 2.06. The van der Waals surface area contributed by atoms with Gasteiger partial charge in [0.1, 0.15) is 6.61 Å². The largest absolute Gasteiger partial charge is 0.390 e. The van der Waals surface area contributed by atoms with Crippen LogP contribution in [0, 0.1) is 0 Å². The third kappa shape index (κ3) is 4.09. The third-order valence-electron chi connectivity index (χ3n) is 2.46. The first-order chi connectivity index (χ1) is 9.48. The third-order valence-corrected chi connectivity index (χ3v) is 3.00. The number of nitrogens with zero attached hydrogens (tertiary/aromatic N) is 2. The van der Waals surface area contributed by atoms with E-state index < -0.39 is 10.1 Å². The molecule has 0 radical (unpaired) electrons. The molecule has 7 heteroatoms. The molecule has 6 nitrogen and oxygen atoms in total. The maximum absolute atomic E-state index is 11.0. The van der Waals surface area contributed by atoms with Crippen LogP contribution in [0.3, 0.4) is 0 Å². The minimum atomic E-state index is -3.50. The van der Waals surface area contributed by atoms with Gasteiger partial charge < -0.3 is 5.11 Å². The van der Waals surface area contributed by atoms with Gasteiger partial charge in [-0.05, 0) is 24.3 Å². The van der Waals surface area contributed by atoms with Crippen molar-refractivity contribution >= 4 is 10.1 Å². The summed E-state index contributed by atoms with van der Waals surface area (Å²) < 4.78 is 26.6. The Kier molecular flexibility index (Phi) is 4.43. The highest BCUT2D eigenvalue weighted by atomic mass is 32.2. The summed E-state index contributed by atoms with van der Waals surface area (Å²) in [6.07, 6.45) is 0.989.